The van der Waals surface area contributed by atoms with Gasteiger partial charge in [-0.05, 0) is 31.2 Å². The van der Waals surface area contributed by atoms with Crippen LogP contribution in [0.5, 0.6) is 0 Å². The van der Waals surface area contributed by atoms with Crippen LogP contribution in [-0.4, -0.2) is 37.0 Å². The van der Waals surface area contributed by atoms with Crippen molar-refractivity contribution in [2.45, 2.75) is 13.8 Å². The van der Waals surface area contributed by atoms with Gasteiger partial charge in [0.1, 0.15) is 0 Å². The minimum Gasteiger partial charge on any atom is -0.469 e. The number of amides is 1. The van der Waals surface area contributed by atoms with Crippen molar-refractivity contribution in [2.24, 2.45) is 5.92 Å². The number of nitrogens with one attached hydrogen (secondary N) is 1. The van der Waals surface area contributed by atoms with Crippen molar-refractivity contribution < 1.29 is 14.3 Å². The molecule has 5 nitrogen and oxygen atoms in total. The Morgan fingerprint density at radius 1 is 1.08 bits per heavy atom. The third-order valence-electron chi connectivity index (χ3n) is 3.98. The number of esters is 1. The number of ether oxygens (including phenoxy) is 1. The van der Waals surface area contributed by atoms with Gasteiger partial charge in [-0.2, -0.15) is 0 Å². The Morgan fingerprint density at radius 2 is 1.72 bits per heavy atom. The first kappa shape index (κ1) is 18.5. The quantitative estimate of drug-likeness (QED) is 0.781. The summed E-state index contributed by atoms with van der Waals surface area (Å²) in [5.41, 5.74) is 2.22. The van der Waals surface area contributed by atoms with E-state index in [0.29, 0.717) is 18.7 Å². The van der Waals surface area contributed by atoms with Crippen molar-refractivity contribution in [3.8, 4) is 0 Å². The van der Waals surface area contributed by atoms with Crippen LogP contribution in [0.15, 0.2) is 54.6 Å². The Balaban J connectivity index is 2.21. The number of anilines is 2. The molecular weight excluding hydrogens is 316 g/mol. The zero-order valence-electron chi connectivity index (χ0n) is 14.9. The first-order valence-electron chi connectivity index (χ1n) is 8.35. The number of nitrogens with zero attached hydrogens (tertiary/aromatic N) is 1. The molecule has 2 rings (SSSR count). The van der Waals surface area contributed by atoms with Gasteiger partial charge < -0.3 is 15.0 Å². The van der Waals surface area contributed by atoms with Crippen molar-refractivity contribution in [3.05, 3.63) is 60.2 Å². The zero-order valence-corrected chi connectivity index (χ0v) is 14.9. The molecule has 132 valence electrons. The molecule has 25 heavy (non-hydrogen) atoms. The van der Waals surface area contributed by atoms with Gasteiger partial charge in [-0.3, -0.25) is 9.59 Å². The molecule has 2 aromatic carbocycles. The van der Waals surface area contributed by atoms with E-state index in [4.69, 9.17) is 4.74 Å². The zero-order chi connectivity index (χ0) is 18.2. The molecule has 0 saturated carbocycles. The van der Waals surface area contributed by atoms with Crippen LogP contribution in [0.3, 0.4) is 0 Å². The number of rotatable bonds is 7. The van der Waals surface area contributed by atoms with Gasteiger partial charge in [-0.25, -0.2) is 0 Å². The van der Waals surface area contributed by atoms with Crippen LogP contribution < -0.4 is 5.32 Å². The van der Waals surface area contributed by atoms with Crippen LogP contribution in [0.4, 0.5) is 11.4 Å². The van der Waals surface area contributed by atoms with Gasteiger partial charge in [0.05, 0.1) is 24.3 Å². The summed E-state index contributed by atoms with van der Waals surface area (Å²) in [5, 5.41) is 3.28. The molecule has 0 aliphatic carbocycles. The maximum Gasteiger partial charge on any atom is 0.310 e. The highest BCUT2D eigenvalue weighted by atomic mass is 16.5. The van der Waals surface area contributed by atoms with Crippen LogP contribution in [0, 0.1) is 5.92 Å². The van der Waals surface area contributed by atoms with Gasteiger partial charge in [0, 0.05) is 18.8 Å². The highest BCUT2D eigenvalue weighted by Gasteiger charge is 2.23. The fourth-order valence-corrected chi connectivity index (χ4v) is 2.59. The van der Waals surface area contributed by atoms with Crippen LogP contribution >= 0.6 is 0 Å². The molecule has 0 saturated heterocycles. The van der Waals surface area contributed by atoms with E-state index < -0.39 is 0 Å². The van der Waals surface area contributed by atoms with Crippen molar-refractivity contribution in [2.75, 3.05) is 25.5 Å². The number of para-hydroxylation sites is 2. The van der Waals surface area contributed by atoms with Crippen molar-refractivity contribution in [1.29, 1.82) is 0 Å². The maximum atomic E-state index is 13.0. The van der Waals surface area contributed by atoms with Gasteiger partial charge in [-0.1, -0.05) is 37.3 Å². The average Bonchev–Trinajstić information content (AvgIpc) is 2.66. The molecule has 1 unspecified atom stereocenters. The highest BCUT2D eigenvalue weighted by molar-refractivity contribution is 6.00. The fraction of sp³-hybridized carbons (Fsp3) is 0.300. The van der Waals surface area contributed by atoms with E-state index in [1.807, 2.05) is 55.5 Å². The summed E-state index contributed by atoms with van der Waals surface area (Å²) < 4.78 is 4.76. The lowest BCUT2D eigenvalue weighted by Crippen LogP contribution is -2.37. The Bertz CT molecular complexity index is 716. The Labute approximate surface area is 148 Å². The first-order chi connectivity index (χ1) is 12.1. The number of carbonyl (C=O) groups is 2. The largest absolute Gasteiger partial charge is 0.469 e. The number of hydrogen-bond donors (Lipinski definition) is 1. The van der Waals surface area contributed by atoms with Gasteiger partial charge >= 0.3 is 5.97 Å². The van der Waals surface area contributed by atoms with Gasteiger partial charge in [0.25, 0.3) is 5.91 Å². The number of hydrogen-bond acceptors (Lipinski definition) is 4. The maximum absolute atomic E-state index is 13.0. The van der Waals surface area contributed by atoms with Gasteiger partial charge in [0.15, 0.2) is 0 Å². The standard InChI is InChI=1S/C20H24N2O3/c1-4-22(14-15(2)20(24)25-3)19(23)17-12-8-9-13-18(17)21-16-10-6-5-7-11-16/h5-13,15,21H,4,14H2,1-3H3. The summed E-state index contributed by atoms with van der Waals surface area (Å²) in [6.45, 7) is 4.49. The monoisotopic (exact) mass is 340 g/mol. The molecule has 2 aromatic rings. The molecule has 0 aliphatic rings. The third-order valence-corrected chi connectivity index (χ3v) is 3.98. The molecule has 1 amide bonds. The van der Waals surface area contributed by atoms with Gasteiger partial charge in [0.2, 0.25) is 0 Å². The van der Waals surface area contributed by atoms with E-state index in [2.05, 4.69) is 5.32 Å². The third kappa shape index (κ3) is 4.83. The molecule has 1 atom stereocenters. The molecule has 0 aromatic heterocycles. The van der Waals surface area contributed by atoms with E-state index in [0.717, 1.165) is 11.4 Å². The van der Waals surface area contributed by atoms with E-state index in [1.165, 1.54) is 7.11 Å². The normalized spacial score (nSPS) is 11.5. The van der Waals surface area contributed by atoms with E-state index in [1.54, 1.807) is 17.9 Å². The van der Waals surface area contributed by atoms with Crippen molar-refractivity contribution in [3.63, 3.8) is 0 Å². The number of carbonyl (C=O) groups excluding carboxylic acids is 2. The minimum atomic E-state index is -0.372. The predicted molar refractivity (Wildman–Crippen MR) is 98.9 cm³/mol. The van der Waals surface area contributed by atoms with Crippen LogP contribution in [0.1, 0.15) is 24.2 Å². The lowest BCUT2D eigenvalue weighted by atomic mass is 10.1. The molecule has 0 bridgehead atoms. The second-order valence-electron chi connectivity index (χ2n) is 5.80. The second kappa shape index (κ2) is 8.87. The molecular formula is C20H24N2O3. The summed E-state index contributed by atoms with van der Waals surface area (Å²) >= 11 is 0. The molecule has 0 aliphatic heterocycles. The molecule has 5 heteroatoms. The summed E-state index contributed by atoms with van der Waals surface area (Å²) in [5.74, 6) is -0.803. The van der Waals surface area contributed by atoms with Crippen molar-refractivity contribution >= 4 is 23.3 Å². The molecule has 0 heterocycles. The summed E-state index contributed by atoms with van der Waals surface area (Å²) in [4.78, 5) is 26.3. The fourth-order valence-electron chi connectivity index (χ4n) is 2.59. The SMILES string of the molecule is CCN(CC(C)C(=O)OC)C(=O)c1ccccc1Nc1ccccc1. The summed E-state index contributed by atoms with van der Waals surface area (Å²) in [6, 6.07) is 17.1. The van der Waals surface area contributed by atoms with Crippen LogP contribution in [0.25, 0.3) is 0 Å². The highest BCUT2D eigenvalue weighted by Crippen LogP contribution is 2.22. The summed E-state index contributed by atoms with van der Waals surface area (Å²) in [7, 11) is 1.36. The molecule has 1 N–H and O–H groups in total. The lowest BCUT2D eigenvalue weighted by Gasteiger charge is -2.24. The van der Waals surface area contributed by atoms with E-state index in [9.17, 15) is 9.59 Å². The smallest absolute Gasteiger partial charge is 0.310 e. The predicted octanol–water partition coefficient (Wildman–Crippen LogP) is 3.70. The van der Waals surface area contributed by atoms with E-state index in [-0.39, 0.29) is 17.8 Å². The topological polar surface area (TPSA) is 58.6 Å². The Kier molecular flexibility index (Phi) is 6.57. The molecule has 0 radical (unpaired) electrons. The second-order valence-corrected chi connectivity index (χ2v) is 5.80. The molecule has 0 fully saturated rings. The average molecular weight is 340 g/mol. The van der Waals surface area contributed by atoms with E-state index >= 15 is 0 Å². The Hall–Kier alpha value is -2.82. The van der Waals surface area contributed by atoms with Crippen LogP contribution in [-0.2, 0) is 9.53 Å². The summed E-state index contributed by atoms with van der Waals surface area (Å²) in [6.07, 6.45) is 0. The van der Waals surface area contributed by atoms with Crippen molar-refractivity contribution in [1.82, 2.24) is 4.90 Å². The van der Waals surface area contributed by atoms with Gasteiger partial charge in [-0.15, -0.1) is 0 Å². The minimum absolute atomic E-state index is 0.114. The Morgan fingerprint density at radius 3 is 2.36 bits per heavy atom. The number of methoxy groups -OCH3 is 1. The van der Waals surface area contributed by atoms with Crippen LogP contribution in [0.2, 0.25) is 0 Å². The number of benzene rings is 2. The lowest BCUT2D eigenvalue weighted by molar-refractivity contribution is -0.145. The first-order valence-corrected chi connectivity index (χ1v) is 8.35. The molecule has 0 spiro atoms.